The predicted molar refractivity (Wildman–Crippen MR) is 125 cm³/mol. The average molecular weight is 450 g/mol. The van der Waals surface area contributed by atoms with Crippen LogP contribution in [0.3, 0.4) is 0 Å². The van der Waals surface area contributed by atoms with Gasteiger partial charge in [0, 0.05) is 31.8 Å². The van der Waals surface area contributed by atoms with Gasteiger partial charge in [0.15, 0.2) is 0 Å². The van der Waals surface area contributed by atoms with Crippen LogP contribution < -0.4 is 19.6 Å². The van der Waals surface area contributed by atoms with E-state index in [1.807, 2.05) is 64.3 Å². The Hall–Kier alpha value is -3.32. The van der Waals surface area contributed by atoms with Crippen LogP contribution in [0.15, 0.2) is 48.0 Å². The highest BCUT2D eigenvalue weighted by molar-refractivity contribution is 6.46. The van der Waals surface area contributed by atoms with Gasteiger partial charge in [0.25, 0.3) is 5.91 Å². The highest BCUT2D eigenvalue weighted by Crippen LogP contribution is 2.40. The van der Waals surface area contributed by atoms with Crippen molar-refractivity contribution in [3.63, 3.8) is 0 Å². The minimum atomic E-state index is -0.708. The monoisotopic (exact) mass is 449 g/mol. The molecule has 7 nitrogen and oxygen atoms in total. The molecule has 0 aromatic heterocycles. The van der Waals surface area contributed by atoms with E-state index in [1.54, 1.807) is 23.1 Å². The second-order valence-corrected chi connectivity index (χ2v) is 9.37. The number of ketones is 1. The lowest BCUT2D eigenvalue weighted by atomic mass is 9.94. The van der Waals surface area contributed by atoms with Crippen LogP contribution in [0.1, 0.15) is 29.7 Å². The summed E-state index contributed by atoms with van der Waals surface area (Å²) in [5.41, 5.74) is 3.15. The third-order valence-corrected chi connectivity index (χ3v) is 6.27. The molecule has 0 radical (unpaired) electrons. The van der Waals surface area contributed by atoms with Crippen LogP contribution in [0.4, 0.5) is 5.69 Å². The van der Waals surface area contributed by atoms with E-state index in [4.69, 9.17) is 4.74 Å². The molecule has 2 aromatic carbocycles. The first-order valence-corrected chi connectivity index (χ1v) is 11.3. The third-order valence-electron chi connectivity index (χ3n) is 6.27. The van der Waals surface area contributed by atoms with Crippen LogP contribution >= 0.6 is 0 Å². The number of amides is 1. The second-order valence-electron chi connectivity index (χ2n) is 9.37. The lowest BCUT2D eigenvalue weighted by molar-refractivity contribution is -0.857. The Morgan fingerprint density at radius 1 is 1.15 bits per heavy atom. The van der Waals surface area contributed by atoms with Gasteiger partial charge in [-0.05, 0) is 47.9 Å². The molecular formula is C26H31N3O4. The van der Waals surface area contributed by atoms with Gasteiger partial charge >= 0.3 is 0 Å². The number of fused-ring (bicyclic) bond motifs is 1. The second kappa shape index (κ2) is 8.90. The van der Waals surface area contributed by atoms with E-state index in [1.165, 1.54) is 0 Å². The first kappa shape index (κ1) is 22.9. The Kier molecular flexibility index (Phi) is 6.17. The zero-order valence-corrected chi connectivity index (χ0v) is 19.8. The van der Waals surface area contributed by atoms with Gasteiger partial charge in [0.2, 0.25) is 5.78 Å². The number of nitrogens with one attached hydrogen (secondary N) is 1. The molecule has 0 bridgehead atoms. The van der Waals surface area contributed by atoms with Crippen LogP contribution in [0, 0.1) is 0 Å². The summed E-state index contributed by atoms with van der Waals surface area (Å²) in [6.45, 7) is 3.04. The Balaban J connectivity index is 1.80. The summed E-state index contributed by atoms with van der Waals surface area (Å²) in [6.07, 6.45) is 0.769. The number of carbonyl (C=O) groups excluding carboxylic acids is 2. The quantitative estimate of drug-likeness (QED) is 0.394. The van der Waals surface area contributed by atoms with Crippen LogP contribution in [-0.2, 0) is 16.0 Å². The van der Waals surface area contributed by atoms with Crippen molar-refractivity contribution in [3.05, 3.63) is 64.7 Å². The number of likely N-dealkylation sites (tertiary alicyclic amines) is 1. The Morgan fingerprint density at radius 3 is 2.48 bits per heavy atom. The van der Waals surface area contributed by atoms with Crippen LogP contribution in [0.2, 0.25) is 0 Å². The number of ether oxygens (including phenoxy) is 1. The van der Waals surface area contributed by atoms with Crippen LogP contribution in [-0.4, -0.2) is 64.0 Å². The maximum absolute atomic E-state index is 13.6. The minimum absolute atomic E-state index is 0.0262. The molecule has 2 aromatic rings. The van der Waals surface area contributed by atoms with Crippen LogP contribution in [0.5, 0.6) is 5.75 Å². The smallest absolute Gasteiger partial charge is 0.295 e. The zero-order chi connectivity index (χ0) is 23.9. The van der Waals surface area contributed by atoms with E-state index >= 15 is 0 Å². The predicted octanol–water partition coefficient (Wildman–Crippen LogP) is 0.445. The van der Waals surface area contributed by atoms with Gasteiger partial charge < -0.3 is 24.5 Å². The van der Waals surface area contributed by atoms with Crippen molar-refractivity contribution in [2.45, 2.75) is 25.5 Å². The Labute approximate surface area is 194 Å². The molecule has 0 saturated carbocycles. The summed E-state index contributed by atoms with van der Waals surface area (Å²) in [5, 5.41) is 13.6. The summed E-state index contributed by atoms with van der Waals surface area (Å²) in [6, 6.07) is 12.2. The van der Waals surface area contributed by atoms with Gasteiger partial charge in [-0.15, -0.1) is 0 Å². The number of rotatable bonds is 6. The zero-order valence-electron chi connectivity index (χ0n) is 19.8. The summed E-state index contributed by atoms with van der Waals surface area (Å²) in [4.78, 5) is 30.8. The molecule has 1 amide bonds. The van der Waals surface area contributed by atoms with Gasteiger partial charge in [0.1, 0.15) is 11.9 Å². The van der Waals surface area contributed by atoms with Crippen molar-refractivity contribution < 1.29 is 24.3 Å². The number of anilines is 1. The van der Waals surface area contributed by atoms with E-state index in [0.717, 1.165) is 27.5 Å². The van der Waals surface area contributed by atoms with Crippen molar-refractivity contribution in [2.24, 2.45) is 0 Å². The normalized spacial score (nSPS) is 21.5. The van der Waals surface area contributed by atoms with Crippen molar-refractivity contribution in [1.82, 2.24) is 4.90 Å². The molecule has 1 saturated heterocycles. The standard InChI is InChI=1S/C26H31N3O4/c1-16-14-19-15-18(8-11-21(19)33-16)24(30)22-23(17-6-9-20(10-7-17)28(4)5)29(13-12-27(2)3)26(32)25(22)31/h6-11,15-16,23,30H,12-14H2,1-5H3/b24-22+. The molecule has 0 aliphatic carbocycles. The molecule has 2 heterocycles. The van der Waals surface area contributed by atoms with Gasteiger partial charge in [-0.25, -0.2) is 0 Å². The largest absolute Gasteiger partial charge is 0.872 e. The van der Waals surface area contributed by atoms with Crippen molar-refractivity contribution in [1.29, 1.82) is 0 Å². The van der Waals surface area contributed by atoms with Gasteiger partial charge in [0.05, 0.1) is 33.2 Å². The number of likely N-dealkylation sites (N-methyl/N-ethyl adjacent to an activating group) is 1. The fourth-order valence-electron chi connectivity index (χ4n) is 4.47. The maximum Gasteiger partial charge on any atom is 0.295 e. The van der Waals surface area contributed by atoms with Gasteiger partial charge in [-0.3, -0.25) is 9.59 Å². The molecule has 0 spiro atoms. The SMILES string of the molecule is CC1Cc2cc(/C([O-])=C3\C(=O)C(=O)N(CC[NH+](C)C)C3c3ccc(N(C)C)cc3)ccc2O1. The number of quaternary nitrogens is 1. The molecule has 2 unspecified atom stereocenters. The minimum Gasteiger partial charge on any atom is -0.872 e. The molecule has 33 heavy (non-hydrogen) atoms. The fourth-order valence-corrected chi connectivity index (χ4v) is 4.47. The number of carbonyl (C=O) groups is 2. The molecule has 7 heteroatoms. The van der Waals surface area contributed by atoms with E-state index < -0.39 is 23.5 Å². The molecular weight excluding hydrogens is 418 g/mol. The molecule has 1 fully saturated rings. The van der Waals surface area contributed by atoms with Gasteiger partial charge in [-0.1, -0.05) is 24.0 Å². The van der Waals surface area contributed by atoms with Crippen molar-refractivity contribution >= 4 is 23.1 Å². The number of nitrogens with zero attached hydrogens (tertiary/aromatic N) is 2. The first-order chi connectivity index (χ1) is 15.7. The lowest BCUT2D eigenvalue weighted by Crippen LogP contribution is -3.06. The summed E-state index contributed by atoms with van der Waals surface area (Å²) < 4.78 is 5.74. The Bertz CT molecular complexity index is 1110. The number of hydrogen-bond donors (Lipinski definition) is 1. The number of benzene rings is 2. The average Bonchev–Trinajstić information content (AvgIpc) is 3.27. The first-order valence-electron chi connectivity index (χ1n) is 11.3. The number of hydrogen-bond acceptors (Lipinski definition) is 5. The van der Waals surface area contributed by atoms with Crippen molar-refractivity contribution in [3.8, 4) is 5.75 Å². The van der Waals surface area contributed by atoms with E-state index in [2.05, 4.69) is 0 Å². The molecule has 2 aliphatic heterocycles. The topological polar surface area (TPSA) is 77.3 Å². The van der Waals surface area contributed by atoms with Crippen LogP contribution in [0.25, 0.3) is 5.76 Å². The number of Topliss-reactive ketones (excluding diaryl/α,β-unsaturated/α-hetero) is 1. The van der Waals surface area contributed by atoms with E-state index in [0.29, 0.717) is 25.1 Å². The summed E-state index contributed by atoms with van der Waals surface area (Å²) in [5.74, 6) is -0.943. The molecule has 2 atom stereocenters. The lowest BCUT2D eigenvalue weighted by Gasteiger charge is -2.28. The van der Waals surface area contributed by atoms with Gasteiger partial charge in [-0.2, -0.15) is 0 Å². The van der Waals surface area contributed by atoms with Crippen molar-refractivity contribution in [2.75, 3.05) is 46.2 Å². The summed E-state index contributed by atoms with van der Waals surface area (Å²) >= 11 is 0. The molecule has 4 rings (SSSR count). The fraction of sp³-hybridized carbons (Fsp3) is 0.385. The Morgan fingerprint density at radius 2 is 1.85 bits per heavy atom. The van der Waals surface area contributed by atoms with E-state index in [-0.39, 0.29) is 11.7 Å². The highest BCUT2D eigenvalue weighted by Gasteiger charge is 2.44. The molecule has 2 aliphatic rings. The van der Waals surface area contributed by atoms with E-state index in [9.17, 15) is 14.7 Å². The third kappa shape index (κ3) is 4.33. The maximum atomic E-state index is 13.6. The molecule has 1 N–H and O–H groups in total. The molecule has 174 valence electrons. The summed E-state index contributed by atoms with van der Waals surface area (Å²) in [7, 11) is 7.88. The highest BCUT2D eigenvalue weighted by atomic mass is 16.5.